The standard InChI is InChI=1S/C24H27N5O2S.C2H6.H3N/c1-26(2)10-6-11-29-20-8-4-3-7-18(20)22(19(17-25)23(29)30)27-12-14-28(15-13-27)24(31)21-9-5-16-32-21;1-2;/h3-5,7-9,16H,6,10-15H2,1-2H3;1-2H3;1H3. The molecule has 1 aliphatic heterocycles. The number of pyridine rings is 1. The van der Waals surface area contributed by atoms with Gasteiger partial charge in [0.15, 0.2) is 0 Å². The van der Waals surface area contributed by atoms with Gasteiger partial charge in [-0.25, -0.2) is 0 Å². The molecule has 1 aromatic carbocycles. The van der Waals surface area contributed by atoms with Gasteiger partial charge in [-0.05, 0) is 44.6 Å². The Labute approximate surface area is 211 Å². The summed E-state index contributed by atoms with van der Waals surface area (Å²) in [4.78, 5) is 32.8. The van der Waals surface area contributed by atoms with Gasteiger partial charge in [0.05, 0.1) is 16.1 Å². The number of carbonyl (C=O) groups excluding carboxylic acids is 1. The molecule has 3 heterocycles. The number of aromatic nitrogens is 1. The smallest absolute Gasteiger partial charge is 0.271 e. The number of benzene rings is 1. The summed E-state index contributed by atoms with van der Waals surface area (Å²) in [7, 11) is 4.01. The maximum absolute atomic E-state index is 13.3. The SMILES string of the molecule is CC.CN(C)CCCn1c(=O)c(C#N)c(N2CCN(C(=O)c3cccs3)CC2)c2ccccc21.N. The van der Waals surface area contributed by atoms with Crippen LogP contribution in [0.15, 0.2) is 46.6 Å². The molecule has 0 saturated carbocycles. The van der Waals surface area contributed by atoms with Crippen LogP contribution >= 0.6 is 11.3 Å². The molecule has 0 atom stereocenters. The molecule has 35 heavy (non-hydrogen) atoms. The number of rotatable bonds is 6. The minimum Gasteiger partial charge on any atom is -0.366 e. The Hall–Kier alpha value is -3.19. The number of aryl methyl sites for hydroxylation is 1. The highest BCUT2D eigenvalue weighted by Gasteiger charge is 2.27. The average molecular weight is 497 g/mol. The van der Waals surface area contributed by atoms with Crippen molar-refractivity contribution in [1.82, 2.24) is 20.5 Å². The van der Waals surface area contributed by atoms with Crippen LogP contribution in [0.3, 0.4) is 0 Å². The Morgan fingerprint density at radius 2 is 1.77 bits per heavy atom. The molecule has 4 rings (SSSR count). The van der Waals surface area contributed by atoms with Crippen LogP contribution in [0, 0.1) is 11.3 Å². The van der Waals surface area contributed by atoms with Crippen molar-refractivity contribution in [2.75, 3.05) is 51.7 Å². The van der Waals surface area contributed by atoms with Gasteiger partial charge in [-0.1, -0.05) is 38.1 Å². The van der Waals surface area contributed by atoms with Gasteiger partial charge in [-0.15, -0.1) is 11.3 Å². The molecule has 1 saturated heterocycles. The first-order valence-corrected chi connectivity index (χ1v) is 12.7. The molecule has 0 spiro atoms. The molecule has 1 fully saturated rings. The molecule has 1 amide bonds. The summed E-state index contributed by atoms with van der Waals surface area (Å²) >= 11 is 1.45. The van der Waals surface area contributed by atoms with Crippen LogP contribution in [0.4, 0.5) is 5.69 Å². The molecular formula is C26H36N6O2S. The minimum absolute atomic E-state index is 0. The number of nitriles is 1. The van der Waals surface area contributed by atoms with Crippen molar-refractivity contribution in [2.24, 2.45) is 0 Å². The quantitative estimate of drug-likeness (QED) is 0.552. The van der Waals surface area contributed by atoms with Gasteiger partial charge < -0.3 is 25.4 Å². The number of fused-ring (bicyclic) bond motifs is 1. The molecule has 0 radical (unpaired) electrons. The summed E-state index contributed by atoms with van der Waals surface area (Å²) in [5.74, 6) is 0.0429. The average Bonchev–Trinajstić information content (AvgIpc) is 3.41. The van der Waals surface area contributed by atoms with E-state index in [0.717, 1.165) is 28.7 Å². The second-order valence-electron chi connectivity index (χ2n) is 8.22. The van der Waals surface area contributed by atoms with Crippen LogP contribution in [0.2, 0.25) is 0 Å². The molecule has 3 N–H and O–H groups in total. The number of para-hydroxylation sites is 1. The number of carbonyl (C=O) groups is 1. The fourth-order valence-corrected chi connectivity index (χ4v) is 4.97. The van der Waals surface area contributed by atoms with Crippen molar-refractivity contribution in [2.45, 2.75) is 26.8 Å². The number of piperazine rings is 1. The van der Waals surface area contributed by atoms with Gasteiger partial charge >= 0.3 is 0 Å². The Balaban J connectivity index is 0.00000140. The van der Waals surface area contributed by atoms with Crippen molar-refractivity contribution in [3.63, 3.8) is 0 Å². The van der Waals surface area contributed by atoms with Crippen molar-refractivity contribution in [3.8, 4) is 6.07 Å². The molecule has 0 bridgehead atoms. The summed E-state index contributed by atoms with van der Waals surface area (Å²) in [6.45, 7) is 7.71. The number of nitrogens with zero attached hydrogens (tertiary/aromatic N) is 5. The summed E-state index contributed by atoms with van der Waals surface area (Å²) in [5, 5.41) is 12.7. The fraction of sp³-hybridized carbons (Fsp3) is 0.423. The third-order valence-electron chi connectivity index (χ3n) is 5.86. The number of amides is 1. The van der Waals surface area contributed by atoms with E-state index in [1.807, 2.05) is 74.6 Å². The lowest BCUT2D eigenvalue weighted by Gasteiger charge is -2.37. The molecule has 188 valence electrons. The van der Waals surface area contributed by atoms with Crippen LogP contribution in [0.5, 0.6) is 0 Å². The van der Waals surface area contributed by atoms with E-state index in [9.17, 15) is 14.9 Å². The second-order valence-corrected chi connectivity index (χ2v) is 9.17. The van der Waals surface area contributed by atoms with Crippen LogP contribution in [0.1, 0.15) is 35.5 Å². The van der Waals surface area contributed by atoms with Crippen LogP contribution in [0.25, 0.3) is 10.9 Å². The van der Waals surface area contributed by atoms with Crippen molar-refractivity contribution in [1.29, 1.82) is 5.26 Å². The van der Waals surface area contributed by atoms with Gasteiger partial charge in [0.2, 0.25) is 0 Å². The molecule has 0 aliphatic carbocycles. The van der Waals surface area contributed by atoms with Gasteiger partial charge in [0.1, 0.15) is 11.6 Å². The van der Waals surface area contributed by atoms with Gasteiger partial charge in [-0.3, -0.25) is 9.59 Å². The summed E-state index contributed by atoms with van der Waals surface area (Å²) in [6, 6.07) is 13.7. The lowest BCUT2D eigenvalue weighted by Crippen LogP contribution is -2.49. The number of thiophene rings is 1. The zero-order valence-corrected chi connectivity index (χ0v) is 22.0. The first-order valence-electron chi connectivity index (χ1n) is 11.8. The molecule has 9 heteroatoms. The highest BCUT2D eigenvalue weighted by Crippen LogP contribution is 2.30. The van der Waals surface area contributed by atoms with Crippen molar-refractivity contribution >= 4 is 33.8 Å². The highest BCUT2D eigenvalue weighted by atomic mass is 32.1. The topological polar surface area (TPSA) is 108 Å². The van der Waals surface area contributed by atoms with E-state index in [1.54, 1.807) is 4.57 Å². The fourth-order valence-electron chi connectivity index (χ4n) is 4.28. The summed E-state index contributed by atoms with van der Waals surface area (Å²) < 4.78 is 1.73. The van der Waals surface area contributed by atoms with Crippen LogP contribution in [-0.4, -0.2) is 67.1 Å². The van der Waals surface area contributed by atoms with Gasteiger partial charge in [0.25, 0.3) is 11.5 Å². The van der Waals surface area contributed by atoms with E-state index in [4.69, 9.17) is 0 Å². The molecule has 3 aromatic rings. The molecular weight excluding hydrogens is 460 g/mol. The van der Waals surface area contributed by atoms with Crippen molar-refractivity contribution in [3.05, 3.63) is 62.6 Å². The van der Waals surface area contributed by atoms with Gasteiger partial charge in [0, 0.05) is 38.1 Å². The zero-order valence-electron chi connectivity index (χ0n) is 21.2. The Kier molecular flexibility index (Phi) is 10.5. The zero-order chi connectivity index (χ0) is 24.7. The van der Waals surface area contributed by atoms with Crippen molar-refractivity contribution < 1.29 is 4.79 Å². The number of hydrogen-bond acceptors (Lipinski definition) is 7. The largest absolute Gasteiger partial charge is 0.366 e. The predicted molar refractivity (Wildman–Crippen MR) is 145 cm³/mol. The van der Waals surface area contributed by atoms with E-state index in [-0.39, 0.29) is 23.2 Å². The minimum atomic E-state index is -0.239. The Bertz CT molecular complexity index is 1210. The van der Waals surface area contributed by atoms with Crippen LogP contribution < -0.4 is 16.6 Å². The maximum atomic E-state index is 13.3. The maximum Gasteiger partial charge on any atom is 0.271 e. The first kappa shape index (κ1) is 28.1. The lowest BCUT2D eigenvalue weighted by molar-refractivity contribution is 0.0751. The second kappa shape index (κ2) is 13.0. The number of hydrogen-bond donors (Lipinski definition) is 1. The molecule has 2 aromatic heterocycles. The summed E-state index contributed by atoms with van der Waals surface area (Å²) in [5.41, 5.74) is 1.49. The third-order valence-corrected chi connectivity index (χ3v) is 6.72. The van der Waals surface area contributed by atoms with E-state index in [1.165, 1.54) is 11.3 Å². The normalized spacial score (nSPS) is 13.1. The van der Waals surface area contributed by atoms with Crippen LogP contribution in [-0.2, 0) is 6.54 Å². The third kappa shape index (κ3) is 6.09. The van der Waals surface area contributed by atoms with Gasteiger partial charge in [-0.2, -0.15) is 5.26 Å². The highest BCUT2D eigenvalue weighted by molar-refractivity contribution is 7.12. The summed E-state index contributed by atoms with van der Waals surface area (Å²) in [6.07, 6.45) is 0.824. The molecule has 8 nitrogen and oxygen atoms in total. The van der Waals surface area contributed by atoms with E-state index >= 15 is 0 Å². The molecule has 0 unspecified atom stereocenters. The number of anilines is 1. The predicted octanol–water partition coefficient (Wildman–Crippen LogP) is 4.04. The monoisotopic (exact) mass is 496 g/mol. The Morgan fingerprint density at radius 3 is 2.37 bits per heavy atom. The first-order chi connectivity index (χ1) is 16.5. The van der Waals surface area contributed by atoms with E-state index in [0.29, 0.717) is 38.4 Å². The van der Waals surface area contributed by atoms with E-state index < -0.39 is 0 Å². The molecule has 1 aliphatic rings. The van der Waals surface area contributed by atoms with E-state index in [2.05, 4.69) is 15.9 Å². The Morgan fingerprint density at radius 1 is 1.09 bits per heavy atom. The lowest BCUT2D eigenvalue weighted by atomic mass is 10.1.